The van der Waals surface area contributed by atoms with Gasteiger partial charge in [0.05, 0.1) is 12.7 Å². The van der Waals surface area contributed by atoms with Gasteiger partial charge in [0.25, 0.3) is 0 Å². The van der Waals surface area contributed by atoms with Crippen LogP contribution in [0.1, 0.15) is 15.9 Å². The summed E-state index contributed by atoms with van der Waals surface area (Å²) in [7, 11) is 1.51. The van der Waals surface area contributed by atoms with Crippen molar-refractivity contribution < 1.29 is 14.6 Å². The molecule has 2 aromatic carbocycles. The van der Waals surface area contributed by atoms with E-state index >= 15 is 0 Å². The van der Waals surface area contributed by atoms with E-state index in [9.17, 15) is 9.90 Å². The van der Waals surface area contributed by atoms with Crippen molar-refractivity contribution in [2.24, 2.45) is 0 Å². The summed E-state index contributed by atoms with van der Waals surface area (Å²) in [6, 6.07) is 10.4. The molecule has 0 bridgehead atoms. The lowest BCUT2D eigenvalue weighted by Gasteiger charge is -2.10. The first kappa shape index (κ1) is 13.4. The number of hydrogen-bond acceptors (Lipinski definition) is 2. The average molecular weight is 277 g/mol. The van der Waals surface area contributed by atoms with Gasteiger partial charge < -0.3 is 9.84 Å². The number of benzene rings is 2. The molecule has 0 aromatic heterocycles. The van der Waals surface area contributed by atoms with Gasteiger partial charge in [-0.15, -0.1) is 0 Å². The van der Waals surface area contributed by atoms with Gasteiger partial charge in [-0.3, -0.25) is 0 Å². The van der Waals surface area contributed by atoms with Crippen LogP contribution >= 0.6 is 11.6 Å². The van der Waals surface area contributed by atoms with E-state index < -0.39 is 5.97 Å². The van der Waals surface area contributed by atoms with E-state index in [1.54, 1.807) is 18.2 Å². The molecule has 0 radical (unpaired) electrons. The van der Waals surface area contributed by atoms with Gasteiger partial charge in [-0.2, -0.15) is 0 Å². The highest BCUT2D eigenvalue weighted by Gasteiger charge is 2.13. The van der Waals surface area contributed by atoms with Crippen molar-refractivity contribution >= 4 is 17.6 Å². The number of carbonyl (C=O) groups is 1. The highest BCUT2D eigenvalue weighted by Crippen LogP contribution is 2.30. The molecule has 98 valence electrons. The summed E-state index contributed by atoms with van der Waals surface area (Å²) in [5, 5.41) is 9.95. The lowest BCUT2D eigenvalue weighted by molar-refractivity contribution is 0.0697. The third kappa shape index (κ3) is 2.71. The molecule has 2 rings (SSSR count). The SMILES string of the molecule is COc1ccc(-c2ccc(Cl)c(C)c2)c(C(=O)O)c1. The summed E-state index contributed by atoms with van der Waals surface area (Å²) < 4.78 is 5.05. The molecule has 0 spiro atoms. The van der Waals surface area contributed by atoms with Gasteiger partial charge >= 0.3 is 5.97 Å². The van der Waals surface area contributed by atoms with Crippen LogP contribution < -0.4 is 4.74 Å². The predicted molar refractivity (Wildman–Crippen MR) is 75.1 cm³/mol. The van der Waals surface area contributed by atoms with Crippen LogP contribution in [0.5, 0.6) is 5.75 Å². The number of carboxylic acids is 1. The standard InChI is InChI=1S/C15H13ClO3/c1-9-7-10(3-6-14(9)16)12-5-4-11(19-2)8-13(12)15(17)18/h3-8H,1-2H3,(H,17,18). The monoisotopic (exact) mass is 276 g/mol. The maximum absolute atomic E-state index is 11.3. The number of aromatic carboxylic acids is 1. The number of aryl methyl sites for hydroxylation is 1. The fraction of sp³-hybridized carbons (Fsp3) is 0.133. The largest absolute Gasteiger partial charge is 0.497 e. The van der Waals surface area contributed by atoms with E-state index in [1.165, 1.54) is 13.2 Å². The van der Waals surface area contributed by atoms with Crippen molar-refractivity contribution in [3.8, 4) is 16.9 Å². The van der Waals surface area contributed by atoms with Crippen molar-refractivity contribution in [2.75, 3.05) is 7.11 Å². The Labute approximate surface area is 116 Å². The minimum atomic E-state index is -0.985. The third-order valence-corrected chi connectivity index (χ3v) is 3.35. The molecule has 0 saturated heterocycles. The molecule has 0 atom stereocenters. The lowest BCUT2D eigenvalue weighted by atomic mass is 9.98. The first-order chi connectivity index (χ1) is 9.02. The molecule has 0 amide bonds. The van der Waals surface area contributed by atoms with Crippen molar-refractivity contribution in [3.63, 3.8) is 0 Å². The average Bonchev–Trinajstić information content (AvgIpc) is 2.41. The smallest absolute Gasteiger partial charge is 0.336 e. The summed E-state index contributed by atoms with van der Waals surface area (Å²) in [6.45, 7) is 1.88. The molecule has 19 heavy (non-hydrogen) atoms. The molecule has 3 nitrogen and oxygen atoms in total. The Morgan fingerprint density at radius 2 is 1.95 bits per heavy atom. The van der Waals surface area contributed by atoms with Crippen LogP contribution in [0.3, 0.4) is 0 Å². The van der Waals surface area contributed by atoms with Crippen molar-refractivity contribution in [1.82, 2.24) is 0 Å². The number of hydrogen-bond donors (Lipinski definition) is 1. The van der Waals surface area contributed by atoms with Crippen LogP contribution in [0.4, 0.5) is 0 Å². The molecule has 0 aliphatic heterocycles. The first-order valence-corrected chi connectivity index (χ1v) is 6.08. The van der Waals surface area contributed by atoms with E-state index in [0.717, 1.165) is 11.1 Å². The van der Waals surface area contributed by atoms with Crippen molar-refractivity contribution in [2.45, 2.75) is 6.92 Å². The number of rotatable bonds is 3. The van der Waals surface area contributed by atoms with Gasteiger partial charge in [-0.05, 0) is 53.9 Å². The first-order valence-electron chi connectivity index (χ1n) is 5.71. The molecule has 2 aromatic rings. The Kier molecular flexibility index (Phi) is 3.76. The van der Waals surface area contributed by atoms with E-state index in [2.05, 4.69) is 0 Å². The van der Waals surface area contributed by atoms with Crippen LogP contribution in [-0.2, 0) is 0 Å². The molecule has 1 N–H and O–H groups in total. The van der Waals surface area contributed by atoms with Crippen LogP contribution in [0.15, 0.2) is 36.4 Å². The van der Waals surface area contributed by atoms with Crippen LogP contribution in [-0.4, -0.2) is 18.2 Å². The molecule has 0 fully saturated rings. The van der Waals surface area contributed by atoms with E-state index in [1.807, 2.05) is 19.1 Å². The van der Waals surface area contributed by atoms with E-state index in [0.29, 0.717) is 16.3 Å². The maximum Gasteiger partial charge on any atom is 0.336 e. The second-order valence-corrected chi connectivity index (χ2v) is 4.59. The quantitative estimate of drug-likeness (QED) is 0.921. The highest BCUT2D eigenvalue weighted by molar-refractivity contribution is 6.31. The highest BCUT2D eigenvalue weighted by atomic mass is 35.5. The number of carboxylic acid groups (broad SMARTS) is 1. The van der Waals surface area contributed by atoms with Crippen LogP contribution in [0.2, 0.25) is 5.02 Å². The Bertz CT molecular complexity index is 635. The van der Waals surface area contributed by atoms with Gasteiger partial charge in [0.15, 0.2) is 0 Å². The summed E-state index contributed by atoms with van der Waals surface area (Å²) in [4.78, 5) is 11.3. The van der Waals surface area contributed by atoms with Crippen molar-refractivity contribution in [1.29, 1.82) is 0 Å². The maximum atomic E-state index is 11.3. The molecular formula is C15H13ClO3. The normalized spacial score (nSPS) is 10.3. The Balaban J connectivity index is 2.60. The van der Waals surface area contributed by atoms with Crippen molar-refractivity contribution in [3.05, 3.63) is 52.5 Å². The topological polar surface area (TPSA) is 46.5 Å². The summed E-state index contributed by atoms with van der Waals surface area (Å²) in [6.07, 6.45) is 0. The summed E-state index contributed by atoms with van der Waals surface area (Å²) in [5.41, 5.74) is 2.59. The van der Waals surface area contributed by atoms with Gasteiger partial charge in [-0.25, -0.2) is 4.79 Å². The fourth-order valence-electron chi connectivity index (χ4n) is 1.89. The van der Waals surface area contributed by atoms with Gasteiger partial charge in [0, 0.05) is 5.02 Å². The van der Waals surface area contributed by atoms with Crippen LogP contribution in [0, 0.1) is 6.92 Å². The Morgan fingerprint density at radius 3 is 2.53 bits per heavy atom. The summed E-state index contributed by atoms with van der Waals surface area (Å²) in [5.74, 6) is -0.465. The third-order valence-electron chi connectivity index (χ3n) is 2.93. The van der Waals surface area contributed by atoms with Gasteiger partial charge in [-0.1, -0.05) is 17.7 Å². The summed E-state index contributed by atoms with van der Waals surface area (Å²) >= 11 is 5.98. The van der Waals surface area contributed by atoms with Gasteiger partial charge in [0.1, 0.15) is 5.75 Å². The zero-order valence-electron chi connectivity index (χ0n) is 10.6. The Hall–Kier alpha value is -2.00. The zero-order valence-corrected chi connectivity index (χ0v) is 11.4. The molecule has 0 unspecified atom stereocenters. The fourth-order valence-corrected chi connectivity index (χ4v) is 2.01. The second kappa shape index (κ2) is 5.33. The van der Waals surface area contributed by atoms with Crippen LogP contribution in [0.25, 0.3) is 11.1 Å². The Morgan fingerprint density at radius 1 is 1.21 bits per heavy atom. The zero-order chi connectivity index (χ0) is 14.0. The molecule has 0 saturated carbocycles. The molecule has 0 aliphatic rings. The molecule has 0 heterocycles. The molecule has 0 aliphatic carbocycles. The van der Waals surface area contributed by atoms with Gasteiger partial charge in [0.2, 0.25) is 0 Å². The number of methoxy groups -OCH3 is 1. The van der Waals surface area contributed by atoms with E-state index in [4.69, 9.17) is 16.3 Å². The molecular weight excluding hydrogens is 264 g/mol. The van der Waals surface area contributed by atoms with E-state index in [-0.39, 0.29) is 5.56 Å². The predicted octanol–water partition coefficient (Wildman–Crippen LogP) is 4.02. The number of ether oxygens (including phenoxy) is 1. The number of halogens is 1. The lowest BCUT2D eigenvalue weighted by Crippen LogP contribution is -2.00. The molecule has 4 heteroatoms. The minimum absolute atomic E-state index is 0.209. The minimum Gasteiger partial charge on any atom is -0.497 e. The second-order valence-electron chi connectivity index (χ2n) is 4.18.